The van der Waals surface area contributed by atoms with Crippen LogP contribution in [0.4, 0.5) is 0 Å². The van der Waals surface area contributed by atoms with E-state index in [0.717, 1.165) is 19.3 Å². The third-order valence-electron chi connectivity index (χ3n) is 10.1. The van der Waals surface area contributed by atoms with E-state index in [0.29, 0.717) is 17.8 Å². The average molecular weight is 603 g/mol. The first-order valence-electron chi connectivity index (χ1n) is 17.2. The van der Waals surface area contributed by atoms with Crippen LogP contribution in [0.25, 0.3) is 38.7 Å². The molecule has 0 N–H and O–H groups in total. The van der Waals surface area contributed by atoms with Gasteiger partial charge in [-0.25, -0.2) is 0 Å². The van der Waals surface area contributed by atoms with Crippen LogP contribution in [0.3, 0.4) is 0 Å². The van der Waals surface area contributed by atoms with Gasteiger partial charge in [0, 0.05) is 24.0 Å². The van der Waals surface area contributed by atoms with Crippen molar-refractivity contribution < 1.29 is 4.58 Å². The molecule has 1 aliphatic rings. The molecule has 3 unspecified atom stereocenters. The molecule has 0 spiro atoms. The Labute approximate surface area is 276 Å². The van der Waals surface area contributed by atoms with Crippen molar-refractivity contribution in [3.8, 4) is 11.1 Å². The SMILES string of the molecule is CCC(C)/C=C\C(c1cc2ccc3ccccc3c2cc1/C=C\[N+]1=CC=CCC1c1cc(-c2ccccc2)ccc1C)[C@H](C)CC. The third-order valence-corrected chi connectivity index (χ3v) is 10.1. The molecule has 1 heteroatoms. The van der Waals surface area contributed by atoms with Gasteiger partial charge in [0.1, 0.15) is 0 Å². The Morgan fingerprint density at radius 2 is 1.54 bits per heavy atom. The second-order valence-corrected chi connectivity index (χ2v) is 13.2. The minimum absolute atomic E-state index is 0.241. The summed E-state index contributed by atoms with van der Waals surface area (Å²) in [5, 5.41) is 5.24. The van der Waals surface area contributed by atoms with Crippen LogP contribution in [-0.4, -0.2) is 10.8 Å². The summed E-state index contributed by atoms with van der Waals surface area (Å²) >= 11 is 0. The summed E-state index contributed by atoms with van der Waals surface area (Å²) in [5.41, 5.74) is 7.96. The molecule has 232 valence electrons. The topological polar surface area (TPSA) is 3.01 Å². The first-order valence-corrected chi connectivity index (χ1v) is 17.2. The van der Waals surface area contributed by atoms with Crippen LogP contribution in [0.15, 0.2) is 128 Å². The van der Waals surface area contributed by atoms with Gasteiger partial charge in [-0.3, -0.25) is 0 Å². The van der Waals surface area contributed by atoms with E-state index >= 15 is 0 Å². The highest BCUT2D eigenvalue weighted by Crippen LogP contribution is 2.37. The van der Waals surface area contributed by atoms with Gasteiger partial charge in [-0.2, -0.15) is 4.58 Å². The smallest absolute Gasteiger partial charge is 0.187 e. The van der Waals surface area contributed by atoms with Crippen molar-refractivity contribution in [3.05, 3.63) is 150 Å². The van der Waals surface area contributed by atoms with Crippen molar-refractivity contribution in [1.82, 2.24) is 0 Å². The summed E-state index contributed by atoms with van der Waals surface area (Å²) in [4.78, 5) is 0. The second-order valence-electron chi connectivity index (χ2n) is 13.2. The largest absolute Gasteiger partial charge is 0.198 e. The van der Waals surface area contributed by atoms with Crippen molar-refractivity contribution in [3.63, 3.8) is 0 Å². The maximum atomic E-state index is 2.50. The van der Waals surface area contributed by atoms with Gasteiger partial charge in [0.25, 0.3) is 0 Å². The average Bonchev–Trinajstić information content (AvgIpc) is 3.11. The standard InChI is InChI=1S/C45H48N/c1-6-32(3)20-25-40(33(4)7-2)43-30-38-24-23-36-17-11-12-18-41(36)44(38)31-39(43)26-28-46-27-14-13-19-45(46)42-29-37(22-21-34(42)5)35-15-9-8-10-16-35/h8-18,20-33,40,45H,6-7,19H2,1-5H3/q+1/b25-20-,28-26-/t32?,33-,40?,45?/m1/s1. The molecule has 4 atom stereocenters. The van der Waals surface area contributed by atoms with Gasteiger partial charge < -0.3 is 0 Å². The first kappa shape index (κ1) is 31.5. The zero-order valence-electron chi connectivity index (χ0n) is 28.2. The lowest BCUT2D eigenvalue weighted by molar-refractivity contribution is -0.501. The van der Waals surface area contributed by atoms with Gasteiger partial charge in [-0.1, -0.05) is 138 Å². The Morgan fingerprint density at radius 3 is 2.35 bits per heavy atom. The summed E-state index contributed by atoms with van der Waals surface area (Å²) in [5.74, 6) is 1.45. The lowest BCUT2D eigenvalue weighted by Crippen LogP contribution is -2.18. The number of fused-ring (bicyclic) bond motifs is 3. The van der Waals surface area contributed by atoms with Crippen molar-refractivity contribution in [2.45, 2.75) is 65.8 Å². The summed E-state index contributed by atoms with van der Waals surface area (Å²) in [6.07, 6.45) is 19.6. The van der Waals surface area contributed by atoms with Crippen molar-refractivity contribution in [2.24, 2.45) is 11.8 Å². The molecule has 1 aliphatic heterocycles. The van der Waals surface area contributed by atoms with E-state index in [1.54, 1.807) is 0 Å². The number of hydrogen-bond acceptors (Lipinski definition) is 0. The van der Waals surface area contributed by atoms with E-state index in [1.165, 1.54) is 54.9 Å². The molecular weight excluding hydrogens is 555 g/mol. The second kappa shape index (κ2) is 14.3. The quantitative estimate of drug-likeness (QED) is 0.0850. The molecule has 0 aromatic heterocycles. The monoisotopic (exact) mass is 602 g/mol. The zero-order valence-corrected chi connectivity index (χ0v) is 28.2. The molecule has 1 heterocycles. The molecule has 0 amide bonds. The van der Waals surface area contributed by atoms with Gasteiger partial charge in [-0.05, 0) is 92.4 Å². The number of rotatable bonds is 10. The Bertz CT molecular complexity index is 1940. The predicted molar refractivity (Wildman–Crippen MR) is 201 cm³/mol. The molecule has 0 aliphatic carbocycles. The minimum atomic E-state index is 0.241. The van der Waals surface area contributed by atoms with Crippen LogP contribution >= 0.6 is 0 Å². The number of aryl methyl sites for hydroxylation is 1. The minimum Gasteiger partial charge on any atom is -0.198 e. The van der Waals surface area contributed by atoms with Crippen LogP contribution < -0.4 is 0 Å². The molecule has 5 aromatic rings. The van der Waals surface area contributed by atoms with E-state index < -0.39 is 0 Å². The van der Waals surface area contributed by atoms with Crippen LogP contribution in [0.5, 0.6) is 0 Å². The van der Waals surface area contributed by atoms with Crippen molar-refractivity contribution in [1.29, 1.82) is 0 Å². The molecule has 0 radical (unpaired) electrons. The molecule has 46 heavy (non-hydrogen) atoms. The number of allylic oxidation sites excluding steroid dienone is 3. The highest BCUT2D eigenvalue weighted by molar-refractivity contribution is 6.08. The van der Waals surface area contributed by atoms with E-state index in [-0.39, 0.29) is 6.04 Å². The number of benzene rings is 5. The molecule has 0 saturated carbocycles. The van der Waals surface area contributed by atoms with Gasteiger partial charge in [0.05, 0.1) is 0 Å². The molecule has 1 nitrogen and oxygen atoms in total. The maximum Gasteiger partial charge on any atom is 0.187 e. The molecule has 0 fully saturated rings. The Hall–Kier alpha value is -4.49. The Morgan fingerprint density at radius 1 is 0.761 bits per heavy atom. The van der Waals surface area contributed by atoms with Gasteiger partial charge in [0.2, 0.25) is 0 Å². The van der Waals surface area contributed by atoms with Gasteiger partial charge in [0.15, 0.2) is 18.5 Å². The van der Waals surface area contributed by atoms with E-state index in [2.05, 4.69) is 179 Å². The maximum absolute atomic E-state index is 2.50. The molecule has 5 aromatic carbocycles. The fourth-order valence-electron chi connectivity index (χ4n) is 6.83. The molecule has 0 bridgehead atoms. The van der Waals surface area contributed by atoms with Crippen LogP contribution in [-0.2, 0) is 0 Å². The normalized spacial score (nSPS) is 17.2. The predicted octanol–water partition coefficient (Wildman–Crippen LogP) is 12.5. The number of hydrogen-bond donors (Lipinski definition) is 0. The molecule has 6 rings (SSSR count). The third kappa shape index (κ3) is 6.70. The van der Waals surface area contributed by atoms with E-state index in [1.807, 2.05) is 0 Å². The van der Waals surface area contributed by atoms with Crippen molar-refractivity contribution in [2.75, 3.05) is 0 Å². The van der Waals surface area contributed by atoms with E-state index in [4.69, 9.17) is 0 Å². The van der Waals surface area contributed by atoms with E-state index in [9.17, 15) is 0 Å². The lowest BCUT2D eigenvalue weighted by atomic mass is 9.81. The lowest BCUT2D eigenvalue weighted by Gasteiger charge is -2.24. The summed E-state index contributed by atoms with van der Waals surface area (Å²) in [6.45, 7) is 11.6. The Balaban J connectivity index is 1.47. The summed E-state index contributed by atoms with van der Waals surface area (Å²) in [6, 6.07) is 36.2. The number of nitrogens with zero attached hydrogens (tertiary/aromatic N) is 1. The first-order chi connectivity index (χ1) is 22.5. The summed E-state index contributed by atoms with van der Waals surface area (Å²) < 4.78 is 2.42. The van der Waals surface area contributed by atoms with Crippen LogP contribution in [0.2, 0.25) is 0 Å². The van der Waals surface area contributed by atoms with Gasteiger partial charge >= 0.3 is 0 Å². The molecular formula is C45H48N+. The highest BCUT2D eigenvalue weighted by atomic mass is 15.0. The zero-order chi connectivity index (χ0) is 32.0. The van der Waals surface area contributed by atoms with Gasteiger partial charge in [-0.15, -0.1) is 0 Å². The van der Waals surface area contributed by atoms with Crippen LogP contribution in [0, 0.1) is 18.8 Å². The van der Waals surface area contributed by atoms with Crippen molar-refractivity contribution >= 4 is 33.8 Å². The highest BCUT2D eigenvalue weighted by Gasteiger charge is 2.25. The van der Waals surface area contributed by atoms with Crippen LogP contribution in [0.1, 0.15) is 81.2 Å². The Kier molecular flexibility index (Phi) is 9.79. The fraction of sp³-hybridized carbons (Fsp3) is 0.267. The molecule has 0 saturated heterocycles. The summed E-state index contributed by atoms with van der Waals surface area (Å²) in [7, 11) is 0. The fourth-order valence-corrected chi connectivity index (χ4v) is 6.83.